The average molecular weight is 253 g/mol. The highest BCUT2D eigenvalue weighted by Gasteiger charge is 2.29. The number of piperidine rings is 1. The molecule has 0 aromatic heterocycles. The molecule has 18 heavy (non-hydrogen) atoms. The van der Waals surface area contributed by atoms with Crippen molar-refractivity contribution >= 4 is 17.3 Å². The Labute approximate surface area is 102 Å². The Balaban J connectivity index is 2.40. The number of carbonyl (C=O) groups excluding carboxylic acids is 1. The third-order valence-electron chi connectivity index (χ3n) is 2.91. The van der Waals surface area contributed by atoms with Gasteiger partial charge in [-0.2, -0.15) is 0 Å². The molecule has 0 bridgehead atoms. The fourth-order valence-electron chi connectivity index (χ4n) is 1.96. The Hall–Kier alpha value is -2.02. The Kier molecular flexibility index (Phi) is 3.24. The molecule has 1 heterocycles. The molecule has 1 saturated heterocycles. The van der Waals surface area contributed by atoms with Crippen LogP contribution < -0.4 is 10.6 Å². The van der Waals surface area contributed by atoms with Crippen LogP contribution in [0.3, 0.4) is 0 Å². The molecule has 1 aromatic carbocycles. The summed E-state index contributed by atoms with van der Waals surface area (Å²) in [6.07, 6.45) is 1.20. The van der Waals surface area contributed by atoms with Crippen LogP contribution in [0.1, 0.15) is 12.8 Å². The number of hydrogen-bond donors (Lipinski definition) is 1. The topological polar surface area (TPSA) is 89.5 Å². The fourth-order valence-corrected chi connectivity index (χ4v) is 1.96. The zero-order valence-electron chi connectivity index (χ0n) is 9.51. The third-order valence-corrected chi connectivity index (χ3v) is 2.91. The van der Waals surface area contributed by atoms with Gasteiger partial charge in [0.05, 0.1) is 16.7 Å². The van der Waals surface area contributed by atoms with Crippen molar-refractivity contribution in [3.8, 4) is 0 Å². The molecule has 1 aliphatic rings. The van der Waals surface area contributed by atoms with Crippen molar-refractivity contribution in [3.63, 3.8) is 0 Å². The summed E-state index contributed by atoms with van der Waals surface area (Å²) in [6, 6.07) is 2.44. The minimum Gasteiger partial charge on any atom is -0.320 e. The fraction of sp³-hybridized carbons (Fsp3) is 0.364. The first-order valence-corrected chi connectivity index (χ1v) is 5.51. The first-order chi connectivity index (χ1) is 8.50. The van der Waals surface area contributed by atoms with Gasteiger partial charge in [0.2, 0.25) is 5.91 Å². The maximum absolute atomic E-state index is 13.7. The van der Waals surface area contributed by atoms with Crippen LogP contribution in [0.4, 0.5) is 15.8 Å². The Morgan fingerprint density at radius 2 is 2.22 bits per heavy atom. The van der Waals surface area contributed by atoms with Gasteiger partial charge in [-0.05, 0) is 18.9 Å². The monoisotopic (exact) mass is 253 g/mol. The van der Waals surface area contributed by atoms with E-state index in [4.69, 9.17) is 5.73 Å². The van der Waals surface area contributed by atoms with E-state index in [9.17, 15) is 19.3 Å². The molecule has 1 aromatic rings. The van der Waals surface area contributed by atoms with E-state index in [2.05, 4.69) is 0 Å². The summed E-state index contributed by atoms with van der Waals surface area (Å²) in [7, 11) is 0. The van der Waals surface area contributed by atoms with E-state index in [-0.39, 0.29) is 11.4 Å². The van der Waals surface area contributed by atoms with E-state index < -0.39 is 22.7 Å². The number of nitro groups is 1. The lowest BCUT2D eigenvalue weighted by Crippen LogP contribution is -2.48. The van der Waals surface area contributed by atoms with Gasteiger partial charge in [0.1, 0.15) is 5.82 Å². The van der Waals surface area contributed by atoms with Crippen molar-refractivity contribution in [2.75, 3.05) is 11.4 Å². The number of halogens is 1. The zero-order chi connectivity index (χ0) is 13.3. The molecule has 0 radical (unpaired) electrons. The molecule has 6 nitrogen and oxygen atoms in total. The molecule has 1 amide bonds. The molecule has 0 aliphatic carbocycles. The number of rotatable bonds is 2. The molecule has 1 aliphatic heterocycles. The number of non-ortho nitro benzene ring substituents is 1. The molecule has 1 fully saturated rings. The molecule has 7 heteroatoms. The predicted molar refractivity (Wildman–Crippen MR) is 62.6 cm³/mol. The van der Waals surface area contributed by atoms with Gasteiger partial charge in [-0.15, -0.1) is 0 Å². The number of anilines is 1. The molecule has 2 rings (SSSR count). The largest absolute Gasteiger partial charge is 0.320 e. The van der Waals surface area contributed by atoms with Crippen molar-refractivity contribution in [2.24, 2.45) is 5.73 Å². The van der Waals surface area contributed by atoms with Crippen LogP contribution in [0.2, 0.25) is 0 Å². The summed E-state index contributed by atoms with van der Waals surface area (Å²) in [4.78, 5) is 23.0. The highest BCUT2D eigenvalue weighted by atomic mass is 19.1. The number of amides is 1. The highest BCUT2D eigenvalue weighted by Crippen LogP contribution is 2.27. The lowest BCUT2D eigenvalue weighted by Gasteiger charge is -2.30. The predicted octanol–water partition coefficient (Wildman–Crippen LogP) is 1.19. The molecule has 1 atom stereocenters. The summed E-state index contributed by atoms with van der Waals surface area (Å²) in [5.41, 5.74) is 5.28. The second kappa shape index (κ2) is 4.69. The van der Waals surface area contributed by atoms with Gasteiger partial charge in [0.15, 0.2) is 0 Å². The average Bonchev–Trinajstić information content (AvgIpc) is 2.33. The number of hydrogen-bond acceptors (Lipinski definition) is 4. The van der Waals surface area contributed by atoms with Gasteiger partial charge in [-0.25, -0.2) is 4.39 Å². The second-order valence-corrected chi connectivity index (χ2v) is 4.13. The van der Waals surface area contributed by atoms with Gasteiger partial charge in [0, 0.05) is 18.7 Å². The number of nitrogens with two attached hydrogens (primary N) is 1. The quantitative estimate of drug-likeness (QED) is 0.633. The van der Waals surface area contributed by atoms with E-state index in [1.54, 1.807) is 0 Å². The van der Waals surface area contributed by atoms with E-state index in [1.807, 2.05) is 0 Å². The summed E-state index contributed by atoms with van der Waals surface area (Å²) >= 11 is 0. The second-order valence-electron chi connectivity index (χ2n) is 4.13. The Morgan fingerprint density at radius 1 is 1.50 bits per heavy atom. The van der Waals surface area contributed by atoms with Crippen LogP contribution in [0, 0.1) is 15.9 Å². The van der Waals surface area contributed by atoms with Gasteiger partial charge < -0.3 is 10.6 Å². The van der Waals surface area contributed by atoms with Gasteiger partial charge >= 0.3 is 0 Å². The van der Waals surface area contributed by atoms with Gasteiger partial charge in [-0.3, -0.25) is 14.9 Å². The molecular weight excluding hydrogens is 241 g/mol. The van der Waals surface area contributed by atoms with Gasteiger partial charge in [0.25, 0.3) is 5.69 Å². The van der Waals surface area contributed by atoms with Crippen LogP contribution >= 0.6 is 0 Å². The SMILES string of the molecule is NC1CCCN(c2cc([N+](=O)[O-])ccc2F)C1=O. The maximum Gasteiger partial charge on any atom is 0.271 e. The van der Waals surface area contributed by atoms with E-state index >= 15 is 0 Å². The van der Waals surface area contributed by atoms with Crippen LogP contribution in [0.15, 0.2) is 18.2 Å². The Bertz CT molecular complexity index is 506. The molecule has 2 N–H and O–H groups in total. The number of carbonyl (C=O) groups is 1. The smallest absolute Gasteiger partial charge is 0.271 e. The third kappa shape index (κ3) is 2.17. The normalized spacial score (nSPS) is 20.0. The van der Waals surface area contributed by atoms with E-state index in [0.717, 1.165) is 18.2 Å². The highest BCUT2D eigenvalue weighted by molar-refractivity contribution is 5.98. The molecular formula is C11H12FN3O3. The minimum absolute atomic E-state index is 0.0793. The maximum atomic E-state index is 13.7. The van der Waals surface area contributed by atoms with Crippen molar-refractivity contribution < 1.29 is 14.1 Å². The van der Waals surface area contributed by atoms with Gasteiger partial charge in [-0.1, -0.05) is 0 Å². The van der Waals surface area contributed by atoms with Crippen LogP contribution in [0.25, 0.3) is 0 Å². The lowest BCUT2D eigenvalue weighted by molar-refractivity contribution is -0.384. The standard InChI is InChI=1S/C11H12FN3O3/c12-8-4-3-7(15(17)18)6-10(8)14-5-1-2-9(13)11(14)16/h3-4,6,9H,1-2,5,13H2. The van der Waals surface area contributed by atoms with Crippen LogP contribution in [-0.4, -0.2) is 23.4 Å². The summed E-state index contributed by atoms with van der Waals surface area (Å²) < 4.78 is 13.7. The first-order valence-electron chi connectivity index (χ1n) is 5.51. The van der Waals surface area contributed by atoms with E-state index in [0.29, 0.717) is 19.4 Å². The number of nitro benzene ring substituents is 1. The molecule has 0 spiro atoms. The van der Waals surface area contributed by atoms with Crippen molar-refractivity contribution in [1.29, 1.82) is 0 Å². The van der Waals surface area contributed by atoms with Crippen molar-refractivity contribution in [3.05, 3.63) is 34.1 Å². The van der Waals surface area contributed by atoms with Crippen LogP contribution in [0.5, 0.6) is 0 Å². The molecule has 1 unspecified atom stereocenters. The lowest BCUT2D eigenvalue weighted by atomic mass is 10.0. The van der Waals surface area contributed by atoms with Crippen molar-refractivity contribution in [1.82, 2.24) is 0 Å². The molecule has 96 valence electrons. The summed E-state index contributed by atoms with van der Waals surface area (Å²) in [5.74, 6) is -1.07. The Morgan fingerprint density at radius 3 is 2.89 bits per heavy atom. The van der Waals surface area contributed by atoms with Crippen LogP contribution in [-0.2, 0) is 4.79 Å². The first kappa shape index (κ1) is 12.4. The molecule has 0 saturated carbocycles. The number of nitrogens with zero attached hydrogens (tertiary/aromatic N) is 2. The number of benzene rings is 1. The summed E-state index contributed by atoms with van der Waals surface area (Å²) in [5, 5.41) is 10.6. The van der Waals surface area contributed by atoms with E-state index in [1.165, 1.54) is 4.90 Å². The summed E-state index contributed by atoms with van der Waals surface area (Å²) in [6.45, 7) is 0.324. The zero-order valence-corrected chi connectivity index (χ0v) is 9.51. The van der Waals surface area contributed by atoms with Crippen molar-refractivity contribution in [2.45, 2.75) is 18.9 Å². The minimum atomic E-state index is -0.669.